The summed E-state index contributed by atoms with van der Waals surface area (Å²) in [6.45, 7) is 2.22. The monoisotopic (exact) mass is 440 g/mol. The molecule has 2 heterocycles. The van der Waals surface area contributed by atoms with Crippen LogP contribution in [0.4, 0.5) is 5.69 Å². The fraction of sp³-hybridized carbons (Fsp3) is 0.364. The molecule has 2 amide bonds. The Morgan fingerprint density at radius 3 is 2.91 bits per heavy atom. The number of benzene rings is 1. The average molecular weight is 440 g/mol. The predicted molar refractivity (Wildman–Crippen MR) is 115 cm³/mol. The first-order valence-electron chi connectivity index (χ1n) is 10.2. The summed E-state index contributed by atoms with van der Waals surface area (Å²) in [6.07, 6.45) is 3.19. The third-order valence-electron chi connectivity index (χ3n) is 6.07. The maximum Gasteiger partial charge on any atom is 0.313 e. The molecular weight excluding hydrogens is 416 g/mol. The summed E-state index contributed by atoms with van der Waals surface area (Å²) in [6, 6.07) is 5.06. The highest BCUT2D eigenvalue weighted by molar-refractivity contribution is 6.02. The highest BCUT2D eigenvalue weighted by Crippen LogP contribution is 2.33. The number of carboxylic acid groups (broad SMARTS) is 1. The number of amidine groups is 1. The molecule has 3 aliphatic rings. The van der Waals surface area contributed by atoms with E-state index in [1.807, 2.05) is 0 Å². The molecule has 0 spiro atoms. The predicted octanol–water partition coefficient (Wildman–Crippen LogP) is 0.0178. The normalized spacial score (nSPS) is 27.6. The summed E-state index contributed by atoms with van der Waals surface area (Å²) < 4.78 is 5.43. The average Bonchev–Trinajstić information content (AvgIpc) is 3.13. The number of hydrogen-bond donors (Lipinski definition) is 4. The fourth-order valence-electron chi connectivity index (χ4n) is 4.29. The molecule has 10 nitrogen and oxygen atoms in total. The SMILES string of the molecule is CC1(N2CCOC([C@@H](O)C(=O)Nc3ccc4c(c3)CN=C4N)C2=O)C=CC=CC1C(=O)O. The number of anilines is 1. The molecule has 1 aromatic rings. The minimum absolute atomic E-state index is 0.0513. The van der Waals surface area contributed by atoms with Crippen molar-refractivity contribution in [3.05, 3.63) is 53.6 Å². The number of aliphatic hydroxyl groups excluding tert-OH is 1. The Kier molecular flexibility index (Phi) is 5.57. The first kappa shape index (κ1) is 21.7. The van der Waals surface area contributed by atoms with Gasteiger partial charge in [0.25, 0.3) is 11.8 Å². The summed E-state index contributed by atoms with van der Waals surface area (Å²) in [5.41, 5.74) is 6.70. The summed E-state index contributed by atoms with van der Waals surface area (Å²) in [5.74, 6) is -3.08. The van der Waals surface area contributed by atoms with E-state index >= 15 is 0 Å². The molecular formula is C22H24N4O6. The maximum absolute atomic E-state index is 13.2. The molecule has 0 bridgehead atoms. The molecule has 1 fully saturated rings. The van der Waals surface area contributed by atoms with E-state index in [0.29, 0.717) is 18.1 Å². The second-order valence-corrected chi connectivity index (χ2v) is 8.07. The Balaban J connectivity index is 1.49. The molecule has 4 rings (SSSR count). The lowest BCUT2D eigenvalue weighted by Crippen LogP contribution is -2.64. The van der Waals surface area contributed by atoms with E-state index in [0.717, 1.165) is 11.1 Å². The van der Waals surface area contributed by atoms with Gasteiger partial charge in [0.1, 0.15) is 11.8 Å². The quantitative estimate of drug-likeness (QED) is 0.503. The smallest absolute Gasteiger partial charge is 0.313 e. The largest absolute Gasteiger partial charge is 0.481 e. The van der Waals surface area contributed by atoms with Crippen LogP contribution in [0.5, 0.6) is 0 Å². The highest BCUT2D eigenvalue weighted by atomic mass is 16.5. The van der Waals surface area contributed by atoms with Crippen LogP contribution in [0, 0.1) is 5.92 Å². The Hall–Kier alpha value is -3.50. The molecule has 1 saturated heterocycles. The van der Waals surface area contributed by atoms with Crippen LogP contribution < -0.4 is 11.1 Å². The second kappa shape index (κ2) is 8.21. The van der Waals surface area contributed by atoms with E-state index in [-0.39, 0.29) is 13.2 Å². The van der Waals surface area contributed by atoms with Crippen LogP contribution in [-0.2, 0) is 25.7 Å². The van der Waals surface area contributed by atoms with Crippen molar-refractivity contribution in [1.29, 1.82) is 0 Å². The topological polar surface area (TPSA) is 155 Å². The summed E-state index contributed by atoms with van der Waals surface area (Å²) >= 11 is 0. The standard InChI is InChI=1S/C22H24N4O6/c1-22(7-3-2-4-15(22)21(30)31)26-8-9-32-17(20(26)29)16(27)19(28)25-13-5-6-14-12(10-13)11-24-18(14)23/h2-7,10,15-17,27H,8-9,11H2,1H3,(H2,23,24)(H,25,28)(H,30,31)/t15?,16-,17?,22?/m1/s1. The minimum atomic E-state index is -1.78. The van der Waals surface area contributed by atoms with Gasteiger partial charge in [-0.05, 0) is 30.7 Å². The Morgan fingerprint density at radius 1 is 1.38 bits per heavy atom. The number of aliphatic carboxylic acids is 1. The zero-order valence-electron chi connectivity index (χ0n) is 17.4. The number of aliphatic imine (C=N–C) groups is 1. The van der Waals surface area contributed by atoms with Crippen molar-refractivity contribution in [2.45, 2.75) is 31.2 Å². The van der Waals surface area contributed by atoms with Crippen LogP contribution in [0.3, 0.4) is 0 Å². The van der Waals surface area contributed by atoms with E-state index in [4.69, 9.17) is 10.5 Å². The molecule has 4 atom stereocenters. The molecule has 3 unspecified atom stereocenters. The van der Waals surface area contributed by atoms with Crippen LogP contribution in [0.15, 0.2) is 47.5 Å². The van der Waals surface area contributed by atoms with Gasteiger partial charge >= 0.3 is 5.97 Å². The number of nitrogens with one attached hydrogen (secondary N) is 1. The molecule has 5 N–H and O–H groups in total. The van der Waals surface area contributed by atoms with E-state index in [1.54, 1.807) is 43.4 Å². The van der Waals surface area contributed by atoms with Crippen molar-refractivity contribution in [1.82, 2.24) is 4.90 Å². The van der Waals surface area contributed by atoms with Gasteiger partial charge in [0.05, 0.1) is 18.7 Å². The first-order chi connectivity index (χ1) is 15.2. The molecule has 168 valence electrons. The molecule has 2 aliphatic heterocycles. The third-order valence-corrected chi connectivity index (χ3v) is 6.07. The second-order valence-electron chi connectivity index (χ2n) is 8.07. The Morgan fingerprint density at radius 2 is 2.16 bits per heavy atom. The van der Waals surface area contributed by atoms with Gasteiger partial charge in [-0.2, -0.15) is 0 Å². The fourth-order valence-corrected chi connectivity index (χ4v) is 4.29. The molecule has 1 aliphatic carbocycles. The van der Waals surface area contributed by atoms with Gasteiger partial charge < -0.3 is 30.9 Å². The lowest BCUT2D eigenvalue weighted by molar-refractivity contribution is -0.174. The van der Waals surface area contributed by atoms with Crippen molar-refractivity contribution < 1.29 is 29.3 Å². The number of allylic oxidation sites excluding steroid dienone is 2. The van der Waals surface area contributed by atoms with Gasteiger partial charge in [0, 0.05) is 17.8 Å². The third kappa shape index (κ3) is 3.67. The number of carbonyl (C=O) groups excluding carboxylic acids is 2. The van der Waals surface area contributed by atoms with E-state index in [9.17, 15) is 24.6 Å². The van der Waals surface area contributed by atoms with E-state index in [1.165, 1.54) is 11.0 Å². The van der Waals surface area contributed by atoms with E-state index < -0.39 is 41.4 Å². The number of nitrogens with two attached hydrogens (primary N) is 1. The summed E-state index contributed by atoms with van der Waals surface area (Å²) in [7, 11) is 0. The number of hydrogen-bond acceptors (Lipinski definition) is 7. The van der Waals surface area contributed by atoms with Gasteiger partial charge in [-0.25, -0.2) is 0 Å². The van der Waals surface area contributed by atoms with Crippen molar-refractivity contribution in [3.8, 4) is 0 Å². The zero-order valence-corrected chi connectivity index (χ0v) is 17.4. The van der Waals surface area contributed by atoms with E-state index in [2.05, 4.69) is 10.3 Å². The Labute approximate surface area is 184 Å². The number of rotatable bonds is 5. The molecule has 0 radical (unpaired) electrons. The number of aliphatic hydroxyl groups is 1. The number of carboxylic acids is 1. The van der Waals surface area contributed by atoms with Crippen molar-refractivity contribution in [2.24, 2.45) is 16.6 Å². The number of nitrogens with zero attached hydrogens (tertiary/aromatic N) is 2. The summed E-state index contributed by atoms with van der Waals surface area (Å²) in [5, 5.41) is 22.8. The molecule has 0 aromatic heterocycles. The Bertz CT molecular complexity index is 1060. The van der Waals surface area contributed by atoms with Gasteiger partial charge in [0.15, 0.2) is 12.2 Å². The van der Waals surface area contributed by atoms with Gasteiger partial charge in [-0.1, -0.05) is 24.3 Å². The highest BCUT2D eigenvalue weighted by Gasteiger charge is 2.49. The van der Waals surface area contributed by atoms with Crippen molar-refractivity contribution in [3.63, 3.8) is 0 Å². The van der Waals surface area contributed by atoms with Crippen LogP contribution >= 0.6 is 0 Å². The minimum Gasteiger partial charge on any atom is -0.481 e. The van der Waals surface area contributed by atoms with Gasteiger partial charge in [-0.3, -0.25) is 19.4 Å². The molecule has 32 heavy (non-hydrogen) atoms. The van der Waals surface area contributed by atoms with Gasteiger partial charge in [0.2, 0.25) is 0 Å². The van der Waals surface area contributed by atoms with Crippen LogP contribution in [-0.4, -0.2) is 69.6 Å². The lowest BCUT2D eigenvalue weighted by Gasteiger charge is -2.47. The van der Waals surface area contributed by atoms with Crippen LogP contribution in [0.1, 0.15) is 18.1 Å². The molecule has 0 saturated carbocycles. The molecule has 1 aromatic carbocycles. The number of carbonyl (C=O) groups is 3. The van der Waals surface area contributed by atoms with Crippen molar-refractivity contribution in [2.75, 3.05) is 18.5 Å². The van der Waals surface area contributed by atoms with Crippen LogP contribution in [0.2, 0.25) is 0 Å². The summed E-state index contributed by atoms with van der Waals surface area (Å²) in [4.78, 5) is 43.1. The number of ether oxygens (including phenoxy) is 1. The lowest BCUT2D eigenvalue weighted by atomic mass is 9.80. The number of amides is 2. The first-order valence-corrected chi connectivity index (χ1v) is 10.2. The maximum atomic E-state index is 13.2. The van der Waals surface area contributed by atoms with Crippen LogP contribution in [0.25, 0.3) is 0 Å². The zero-order chi connectivity index (χ0) is 23.0. The van der Waals surface area contributed by atoms with Gasteiger partial charge in [-0.15, -0.1) is 0 Å². The molecule has 10 heteroatoms. The van der Waals surface area contributed by atoms with Crippen molar-refractivity contribution >= 4 is 29.3 Å². The number of morpholine rings is 1. The number of fused-ring (bicyclic) bond motifs is 1.